The van der Waals surface area contributed by atoms with E-state index in [9.17, 15) is 14.4 Å². The van der Waals surface area contributed by atoms with Gasteiger partial charge in [-0.1, -0.05) is 37.6 Å². The van der Waals surface area contributed by atoms with E-state index in [0.717, 1.165) is 12.0 Å². The standard InChI is InChI=1S/C20H29ClN4O3.ClH/c1-12(2)17(24-18(26)13(3)22)20(28)25-10-4-5-16(25)19(27)23-11-14-6-8-15(21)9-7-14;/h6-9,12-13,16-17H,4-5,10-11,22H2,1-3H3,(H,23,27)(H,24,26);1H/t13-,16-,17-;/m0./s1. The first-order valence-electron chi connectivity index (χ1n) is 9.59. The van der Waals surface area contributed by atoms with Crippen LogP contribution in [0.3, 0.4) is 0 Å². The number of amides is 3. The molecule has 4 N–H and O–H groups in total. The van der Waals surface area contributed by atoms with Gasteiger partial charge in [0.15, 0.2) is 0 Å². The monoisotopic (exact) mass is 444 g/mol. The topological polar surface area (TPSA) is 105 Å². The summed E-state index contributed by atoms with van der Waals surface area (Å²) >= 11 is 5.87. The van der Waals surface area contributed by atoms with Crippen LogP contribution < -0.4 is 16.4 Å². The summed E-state index contributed by atoms with van der Waals surface area (Å²) in [7, 11) is 0. The van der Waals surface area contributed by atoms with Gasteiger partial charge in [0, 0.05) is 18.1 Å². The Labute approximate surface area is 183 Å². The second-order valence-electron chi connectivity index (χ2n) is 7.55. The molecule has 1 fully saturated rings. The molecule has 1 aliphatic rings. The predicted octanol–water partition coefficient (Wildman–Crippen LogP) is 1.86. The van der Waals surface area contributed by atoms with Crippen molar-refractivity contribution in [3.05, 3.63) is 34.9 Å². The first-order valence-corrected chi connectivity index (χ1v) is 9.97. The molecule has 29 heavy (non-hydrogen) atoms. The molecule has 1 heterocycles. The lowest BCUT2D eigenvalue weighted by Crippen LogP contribution is -2.56. The summed E-state index contributed by atoms with van der Waals surface area (Å²) in [6.45, 7) is 6.14. The maximum Gasteiger partial charge on any atom is 0.246 e. The Kier molecular flexibility index (Phi) is 9.89. The third-order valence-corrected chi connectivity index (χ3v) is 5.11. The van der Waals surface area contributed by atoms with Crippen molar-refractivity contribution < 1.29 is 14.4 Å². The Morgan fingerprint density at radius 1 is 1.21 bits per heavy atom. The van der Waals surface area contributed by atoms with Crippen LogP contribution in [0.2, 0.25) is 5.02 Å². The first kappa shape index (κ1) is 25.2. The number of carbonyl (C=O) groups is 3. The van der Waals surface area contributed by atoms with Crippen molar-refractivity contribution in [1.82, 2.24) is 15.5 Å². The van der Waals surface area contributed by atoms with Gasteiger partial charge in [-0.3, -0.25) is 14.4 Å². The van der Waals surface area contributed by atoms with Gasteiger partial charge in [0.2, 0.25) is 17.7 Å². The second kappa shape index (κ2) is 11.4. The number of hydrogen-bond donors (Lipinski definition) is 3. The minimum absolute atomic E-state index is 0. The molecule has 1 aromatic carbocycles. The molecule has 7 nitrogen and oxygen atoms in total. The number of nitrogens with two attached hydrogens (primary N) is 1. The summed E-state index contributed by atoms with van der Waals surface area (Å²) in [6, 6.07) is 5.28. The Morgan fingerprint density at radius 2 is 1.83 bits per heavy atom. The van der Waals surface area contributed by atoms with Crippen molar-refractivity contribution in [2.45, 2.75) is 58.3 Å². The fourth-order valence-electron chi connectivity index (χ4n) is 3.19. The van der Waals surface area contributed by atoms with Gasteiger partial charge in [0.1, 0.15) is 12.1 Å². The Balaban J connectivity index is 0.00000420. The number of nitrogens with zero attached hydrogens (tertiary/aromatic N) is 1. The highest BCUT2D eigenvalue weighted by atomic mass is 35.5. The predicted molar refractivity (Wildman–Crippen MR) is 116 cm³/mol. The van der Waals surface area contributed by atoms with Crippen LogP contribution in [0, 0.1) is 5.92 Å². The van der Waals surface area contributed by atoms with Gasteiger partial charge in [-0.25, -0.2) is 0 Å². The largest absolute Gasteiger partial charge is 0.350 e. The number of nitrogens with one attached hydrogen (secondary N) is 2. The van der Waals surface area contributed by atoms with E-state index in [4.69, 9.17) is 17.3 Å². The maximum atomic E-state index is 13.0. The highest BCUT2D eigenvalue weighted by Gasteiger charge is 2.38. The smallest absolute Gasteiger partial charge is 0.246 e. The molecule has 0 saturated carbocycles. The molecule has 0 radical (unpaired) electrons. The quantitative estimate of drug-likeness (QED) is 0.596. The fourth-order valence-corrected chi connectivity index (χ4v) is 3.32. The van der Waals surface area contributed by atoms with Crippen LogP contribution in [0.4, 0.5) is 0 Å². The Bertz CT molecular complexity index is 710. The Hall–Kier alpha value is -1.83. The van der Waals surface area contributed by atoms with Gasteiger partial charge < -0.3 is 21.3 Å². The summed E-state index contributed by atoms with van der Waals surface area (Å²) in [5.74, 6) is -0.932. The zero-order valence-corrected chi connectivity index (χ0v) is 18.6. The molecule has 0 aliphatic carbocycles. The van der Waals surface area contributed by atoms with E-state index < -0.39 is 18.1 Å². The molecule has 9 heteroatoms. The van der Waals surface area contributed by atoms with E-state index in [2.05, 4.69) is 10.6 Å². The molecule has 3 amide bonds. The van der Waals surface area contributed by atoms with Crippen molar-refractivity contribution >= 4 is 41.7 Å². The number of likely N-dealkylation sites (tertiary alicyclic amines) is 1. The average Bonchev–Trinajstić information content (AvgIpc) is 3.14. The van der Waals surface area contributed by atoms with Crippen molar-refractivity contribution in [1.29, 1.82) is 0 Å². The van der Waals surface area contributed by atoms with Crippen molar-refractivity contribution in [2.24, 2.45) is 11.7 Å². The zero-order chi connectivity index (χ0) is 20.8. The minimum atomic E-state index is -0.705. The lowest BCUT2D eigenvalue weighted by Gasteiger charge is -2.30. The van der Waals surface area contributed by atoms with Gasteiger partial charge in [0.25, 0.3) is 0 Å². The molecule has 0 spiro atoms. The maximum absolute atomic E-state index is 13.0. The van der Waals surface area contributed by atoms with Crippen LogP contribution in [0.5, 0.6) is 0 Å². The van der Waals surface area contributed by atoms with E-state index in [1.165, 1.54) is 0 Å². The molecule has 0 aromatic heterocycles. The van der Waals surface area contributed by atoms with Gasteiger partial charge in [-0.05, 0) is 43.4 Å². The minimum Gasteiger partial charge on any atom is -0.350 e. The van der Waals surface area contributed by atoms with E-state index >= 15 is 0 Å². The third-order valence-electron chi connectivity index (χ3n) is 4.86. The van der Waals surface area contributed by atoms with Crippen molar-refractivity contribution in [3.63, 3.8) is 0 Å². The number of carbonyl (C=O) groups excluding carboxylic acids is 3. The number of hydrogen-bond acceptors (Lipinski definition) is 4. The molecule has 1 aromatic rings. The molecular weight excluding hydrogens is 415 g/mol. The third kappa shape index (κ3) is 6.87. The van der Waals surface area contributed by atoms with Crippen LogP contribution in [-0.4, -0.2) is 47.3 Å². The summed E-state index contributed by atoms with van der Waals surface area (Å²) in [4.78, 5) is 39.3. The summed E-state index contributed by atoms with van der Waals surface area (Å²) < 4.78 is 0. The van der Waals surface area contributed by atoms with Gasteiger partial charge in [-0.2, -0.15) is 0 Å². The highest BCUT2D eigenvalue weighted by Crippen LogP contribution is 2.21. The number of halogens is 2. The normalized spacial score (nSPS) is 18.0. The van der Waals surface area contributed by atoms with Crippen molar-refractivity contribution in [3.8, 4) is 0 Å². The van der Waals surface area contributed by atoms with Crippen LogP contribution >= 0.6 is 24.0 Å². The highest BCUT2D eigenvalue weighted by molar-refractivity contribution is 6.30. The second-order valence-corrected chi connectivity index (χ2v) is 7.99. The summed E-state index contributed by atoms with van der Waals surface area (Å²) in [5, 5.41) is 6.24. The average molecular weight is 445 g/mol. The van der Waals surface area contributed by atoms with Crippen LogP contribution in [0.15, 0.2) is 24.3 Å². The summed E-state index contributed by atoms with van der Waals surface area (Å²) in [5.41, 5.74) is 6.54. The molecular formula is C20H30Cl2N4O3. The van der Waals surface area contributed by atoms with E-state index in [-0.39, 0.29) is 36.0 Å². The van der Waals surface area contributed by atoms with Gasteiger partial charge in [0.05, 0.1) is 6.04 Å². The molecule has 0 unspecified atom stereocenters. The van der Waals surface area contributed by atoms with E-state index in [1.807, 2.05) is 26.0 Å². The van der Waals surface area contributed by atoms with Gasteiger partial charge >= 0.3 is 0 Å². The molecule has 2 rings (SSSR count). The lowest BCUT2D eigenvalue weighted by atomic mass is 10.0. The molecule has 0 bridgehead atoms. The Morgan fingerprint density at radius 3 is 2.38 bits per heavy atom. The fraction of sp³-hybridized carbons (Fsp3) is 0.550. The van der Waals surface area contributed by atoms with Gasteiger partial charge in [-0.15, -0.1) is 12.4 Å². The molecule has 3 atom stereocenters. The van der Waals surface area contributed by atoms with E-state index in [0.29, 0.717) is 24.5 Å². The van der Waals surface area contributed by atoms with Crippen LogP contribution in [0.1, 0.15) is 39.2 Å². The lowest BCUT2D eigenvalue weighted by molar-refractivity contribution is -0.142. The van der Waals surface area contributed by atoms with Crippen LogP contribution in [-0.2, 0) is 20.9 Å². The van der Waals surface area contributed by atoms with E-state index in [1.54, 1.807) is 24.0 Å². The first-order chi connectivity index (χ1) is 13.2. The molecule has 1 aliphatic heterocycles. The zero-order valence-electron chi connectivity index (χ0n) is 17.0. The van der Waals surface area contributed by atoms with Crippen molar-refractivity contribution in [2.75, 3.05) is 6.54 Å². The molecule has 162 valence electrons. The number of rotatable bonds is 7. The van der Waals surface area contributed by atoms with Crippen LogP contribution in [0.25, 0.3) is 0 Å². The number of benzene rings is 1. The molecule has 1 saturated heterocycles. The SMILES string of the molecule is CC(C)[C@H](NC(=O)[C@H](C)N)C(=O)N1CCC[C@H]1C(=O)NCc1ccc(Cl)cc1.Cl. The summed E-state index contributed by atoms with van der Waals surface area (Å²) in [6.07, 6.45) is 1.35.